The minimum absolute atomic E-state index is 0.314. The number of hydrogen-bond acceptors (Lipinski definition) is 3. The molecule has 1 rings (SSSR count). The standard InChI is InChI=1S/C17H25ClN2O3/c1-16(2,3)20-14(21)13(11-7-9-12(18)10-8-11)19-15(22)23-17(4,5)6/h7-10,13H,1-6H3,(H,19,22)(H,20,21). The molecule has 0 spiro atoms. The van der Waals surface area contributed by atoms with Crippen LogP contribution in [0.4, 0.5) is 4.79 Å². The van der Waals surface area contributed by atoms with Crippen molar-refractivity contribution >= 4 is 23.6 Å². The van der Waals surface area contributed by atoms with E-state index in [9.17, 15) is 9.59 Å². The van der Waals surface area contributed by atoms with E-state index in [1.165, 1.54) is 0 Å². The van der Waals surface area contributed by atoms with E-state index in [1.807, 2.05) is 20.8 Å². The lowest BCUT2D eigenvalue weighted by Gasteiger charge is -2.27. The maximum atomic E-state index is 12.5. The summed E-state index contributed by atoms with van der Waals surface area (Å²) in [4.78, 5) is 24.6. The second-order valence-corrected chi connectivity index (χ2v) is 7.81. The van der Waals surface area contributed by atoms with Crippen LogP contribution in [0.5, 0.6) is 0 Å². The molecule has 6 heteroatoms. The van der Waals surface area contributed by atoms with Crippen molar-refractivity contribution in [3.8, 4) is 0 Å². The number of amides is 2. The van der Waals surface area contributed by atoms with Crippen molar-refractivity contribution in [2.24, 2.45) is 0 Å². The second kappa shape index (κ2) is 7.21. The van der Waals surface area contributed by atoms with Gasteiger partial charge in [0, 0.05) is 10.6 Å². The van der Waals surface area contributed by atoms with Crippen molar-refractivity contribution < 1.29 is 14.3 Å². The maximum absolute atomic E-state index is 12.5. The van der Waals surface area contributed by atoms with Crippen molar-refractivity contribution in [3.63, 3.8) is 0 Å². The monoisotopic (exact) mass is 340 g/mol. The third-order valence-electron chi connectivity index (χ3n) is 2.62. The minimum atomic E-state index is -0.860. The van der Waals surface area contributed by atoms with Crippen LogP contribution in [0, 0.1) is 0 Å². The average Bonchev–Trinajstić information content (AvgIpc) is 2.33. The molecule has 0 heterocycles. The molecule has 0 bridgehead atoms. The van der Waals surface area contributed by atoms with E-state index in [0.29, 0.717) is 10.6 Å². The van der Waals surface area contributed by atoms with Crippen molar-refractivity contribution in [1.82, 2.24) is 10.6 Å². The Morgan fingerprint density at radius 3 is 2.00 bits per heavy atom. The quantitative estimate of drug-likeness (QED) is 0.878. The SMILES string of the molecule is CC(C)(C)NC(=O)C(NC(=O)OC(C)(C)C)c1ccc(Cl)cc1. The fraction of sp³-hybridized carbons (Fsp3) is 0.529. The van der Waals surface area contributed by atoms with Crippen LogP contribution in [0.3, 0.4) is 0 Å². The molecule has 0 radical (unpaired) electrons. The fourth-order valence-corrected chi connectivity index (χ4v) is 1.95. The van der Waals surface area contributed by atoms with Gasteiger partial charge in [0.2, 0.25) is 5.91 Å². The highest BCUT2D eigenvalue weighted by atomic mass is 35.5. The molecule has 0 aromatic heterocycles. The molecule has 1 aromatic carbocycles. The van der Waals surface area contributed by atoms with Gasteiger partial charge in [-0.15, -0.1) is 0 Å². The van der Waals surface area contributed by atoms with Crippen LogP contribution in [-0.4, -0.2) is 23.1 Å². The van der Waals surface area contributed by atoms with Gasteiger partial charge >= 0.3 is 6.09 Å². The molecule has 1 unspecified atom stereocenters. The number of ether oxygens (including phenoxy) is 1. The lowest BCUT2D eigenvalue weighted by Crippen LogP contribution is -2.48. The molecule has 23 heavy (non-hydrogen) atoms. The van der Waals surface area contributed by atoms with Crippen LogP contribution in [0.15, 0.2) is 24.3 Å². The van der Waals surface area contributed by atoms with E-state index in [2.05, 4.69) is 10.6 Å². The molecule has 0 aliphatic heterocycles. The van der Waals surface area contributed by atoms with E-state index in [-0.39, 0.29) is 5.91 Å². The first-order valence-corrected chi connectivity index (χ1v) is 7.82. The zero-order valence-electron chi connectivity index (χ0n) is 14.5. The first-order chi connectivity index (χ1) is 10.4. The number of halogens is 1. The lowest BCUT2D eigenvalue weighted by atomic mass is 10.0. The van der Waals surface area contributed by atoms with Gasteiger partial charge in [-0.1, -0.05) is 23.7 Å². The summed E-state index contributed by atoms with van der Waals surface area (Å²) in [7, 11) is 0. The Labute approximate surface area is 142 Å². The summed E-state index contributed by atoms with van der Waals surface area (Å²) in [5.41, 5.74) is -0.436. The molecule has 0 fully saturated rings. The summed E-state index contributed by atoms with van der Waals surface area (Å²) in [6, 6.07) is 5.89. The molecule has 1 aromatic rings. The highest BCUT2D eigenvalue weighted by molar-refractivity contribution is 6.30. The zero-order valence-corrected chi connectivity index (χ0v) is 15.2. The summed E-state index contributed by atoms with van der Waals surface area (Å²) in [5.74, 6) is -0.314. The van der Waals surface area contributed by atoms with E-state index < -0.39 is 23.3 Å². The van der Waals surface area contributed by atoms with Gasteiger partial charge in [-0.3, -0.25) is 4.79 Å². The van der Waals surface area contributed by atoms with E-state index in [0.717, 1.165) is 0 Å². The van der Waals surface area contributed by atoms with Crippen molar-refractivity contribution in [2.75, 3.05) is 0 Å². The average molecular weight is 341 g/mol. The topological polar surface area (TPSA) is 67.4 Å². The smallest absolute Gasteiger partial charge is 0.408 e. The molecule has 0 saturated carbocycles. The molecule has 5 nitrogen and oxygen atoms in total. The number of alkyl carbamates (subject to hydrolysis) is 1. The van der Waals surface area contributed by atoms with E-state index >= 15 is 0 Å². The van der Waals surface area contributed by atoms with Crippen molar-refractivity contribution in [1.29, 1.82) is 0 Å². The van der Waals surface area contributed by atoms with Gasteiger partial charge in [0.05, 0.1) is 0 Å². The summed E-state index contributed by atoms with van der Waals surface area (Å²) >= 11 is 5.88. The van der Waals surface area contributed by atoms with Crippen LogP contribution >= 0.6 is 11.6 Å². The number of carbonyl (C=O) groups excluding carboxylic acids is 2. The van der Waals surface area contributed by atoms with Crippen LogP contribution < -0.4 is 10.6 Å². The molecule has 0 aliphatic rings. The van der Waals surface area contributed by atoms with Crippen LogP contribution in [-0.2, 0) is 9.53 Å². The summed E-state index contributed by atoms with van der Waals surface area (Å²) in [6.07, 6.45) is -0.651. The second-order valence-electron chi connectivity index (χ2n) is 7.37. The number of nitrogens with one attached hydrogen (secondary N) is 2. The summed E-state index contributed by atoms with van der Waals surface area (Å²) in [6.45, 7) is 10.9. The van der Waals surface area contributed by atoms with Crippen LogP contribution in [0.25, 0.3) is 0 Å². The molecular weight excluding hydrogens is 316 g/mol. The highest BCUT2D eigenvalue weighted by Crippen LogP contribution is 2.19. The number of hydrogen-bond donors (Lipinski definition) is 2. The summed E-state index contributed by atoms with van der Waals surface area (Å²) in [5, 5.41) is 6.03. The zero-order chi connectivity index (χ0) is 17.8. The van der Waals surface area contributed by atoms with Gasteiger partial charge in [0.15, 0.2) is 0 Å². The lowest BCUT2D eigenvalue weighted by molar-refractivity contribution is -0.124. The Kier molecular flexibility index (Phi) is 6.05. The van der Waals surface area contributed by atoms with Crippen molar-refractivity contribution in [3.05, 3.63) is 34.9 Å². The largest absolute Gasteiger partial charge is 0.444 e. The third-order valence-corrected chi connectivity index (χ3v) is 2.88. The number of carbonyl (C=O) groups is 2. The Morgan fingerprint density at radius 1 is 1.04 bits per heavy atom. The van der Waals surface area contributed by atoms with Gasteiger partial charge in [0.25, 0.3) is 0 Å². The van der Waals surface area contributed by atoms with E-state index in [1.54, 1.807) is 45.0 Å². The van der Waals surface area contributed by atoms with Gasteiger partial charge in [-0.25, -0.2) is 4.79 Å². The van der Waals surface area contributed by atoms with Crippen LogP contribution in [0.1, 0.15) is 53.1 Å². The molecule has 0 saturated heterocycles. The van der Waals surface area contributed by atoms with Gasteiger partial charge in [-0.2, -0.15) is 0 Å². The van der Waals surface area contributed by atoms with Crippen molar-refractivity contribution in [2.45, 2.75) is 58.7 Å². The molecule has 128 valence electrons. The third kappa shape index (κ3) is 7.37. The van der Waals surface area contributed by atoms with Gasteiger partial charge in [-0.05, 0) is 59.2 Å². The molecular formula is C17H25ClN2O3. The Balaban J connectivity index is 2.99. The summed E-state index contributed by atoms with van der Waals surface area (Å²) < 4.78 is 5.24. The van der Waals surface area contributed by atoms with Gasteiger partial charge < -0.3 is 15.4 Å². The molecule has 1 atom stereocenters. The predicted octanol–water partition coefficient (Wildman–Crippen LogP) is 3.82. The Morgan fingerprint density at radius 2 is 1.57 bits per heavy atom. The number of rotatable bonds is 3. The molecule has 0 aliphatic carbocycles. The van der Waals surface area contributed by atoms with E-state index in [4.69, 9.17) is 16.3 Å². The first-order valence-electron chi connectivity index (χ1n) is 7.44. The Hall–Kier alpha value is -1.75. The minimum Gasteiger partial charge on any atom is -0.444 e. The first kappa shape index (κ1) is 19.3. The maximum Gasteiger partial charge on any atom is 0.408 e. The molecule has 2 N–H and O–H groups in total. The predicted molar refractivity (Wildman–Crippen MR) is 91.5 cm³/mol. The highest BCUT2D eigenvalue weighted by Gasteiger charge is 2.28. The molecule has 2 amide bonds. The normalized spacial score (nSPS) is 13.2. The van der Waals surface area contributed by atoms with Gasteiger partial charge in [0.1, 0.15) is 11.6 Å². The van der Waals surface area contributed by atoms with Crippen LogP contribution in [0.2, 0.25) is 5.02 Å². The fourth-order valence-electron chi connectivity index (χ4n) is 1.82. The number of benzene rings is 1. The Bertz CT molecular complexity index is 557.